The Bertz CT molecular complexity index is 371. The van der Waals surface area contributed by atoms with Gasteiger partial charge in [0, 0.05) is 24.5 Å². The van der Waals surface area contributed by atoms with Crippen LogP contribution in [0.1, 0.15) is 41.0 Å². The first-order valence-corrected chi connectivity index (χ1v) is 8.10. The van der Waals surface area contributed by atoms with Crippen molar-refractivity contribution in [2.75, 3.05) is 19.3 Å². The summed E-state index contributed by atoms with van der Waals surface area (Å²) < 4.78 is 24.7. The predicted octanol–water partition coefficient (Wildman–Crippen LogP) is 1.21. The summed E-state index contributed by atoms with van der Waals surface area (Å²) in [7, 11) is -3.23. The Kier molecular flexibility index (Phi) is 6.29. The molecule has 0 heterocycles. The van der Waals surface area contributed by atoms with E-state index in [4.69, 9.17) is 0 Å². The molecule has 0 fully saturated rings. The minimum Gasteiger partial charge on any atom is -0.354 e. The number of hydrogen-bond donors (Lipinski definition) is 1. The van der Waals surface area contributed by atoms with Gasteiger partial charge in [0.2, 0.25) is 15.9 Å². The molecule has 0 aliphatic heterocycles. The van der Waals surface area contributed by atoms with Crippen LogP contribution in [-0.4, -0.2) is 44.0 Å². The smallest absolute Gasteiger partial charge is 0.225 e. The molecule has 0 radical (unpaired) electrons. The first-order chi connectivity index (χ1) is 8.00. The maximum Gasteiger partial charge on any atom is 0.225 e. The molecule has 0 rings (SSSR count). The highest BCUT2D eigenvalue weighted by atomic mass is 32.2. The van der Waals surface area contributed by atoms with Gasteiger partial charge in [0.05, 0.1) is 6.26 Å². The second-order valence-electron chi connectivity index (χ2n) is 5.64. The van der Waals surface area contributed by atoms with Crippen molar-refractivity contribution >= 4 is 15.9 Å². The van der Waals surface area contributed by atoms with Gasteiger partial charge in [-0.3, -0.25) is 4.79 Å². The van der Waals surface area contributed by atoms with Crippen LogP contribution in [0.5, 0.6) is 0 Å². The maximum atomic E-state index is 11.7. The predicted molar refractivity (Wildman–Crippen MR) is 73.8 cm³/mol. The van der Waals surface area contributed by atoms with Crippen molar-refractivity contribution in [1.82, 2.24) is 9.62 Å². The van der Waals surface area contributed by atoms with E-state index in [0.717, 1.165) is 6.42 Å². The van der Waals surface area contributed by atoms with Crippen molar-refractivity contribution in [3.05, 3.63) is 0 Å². The minimum atomic E-state index is -3.23. The van der Waals surface area contributed by atoms with Crippen LogP contribution in [0.25, 0.3) is 0 Å². The van der Waals surface area contributed by atoms with Gasteiger partial charge >= 0.3 is 0 Å². The van der Waals surface area contributed by atoms with Crippen LogP contribution in [0.4, 0.5) is 0 Å². The second-order valence-corrected chi connectivity index (χ2v) is 7.57. The van der Waals surface area contributed by atoms with Crippen LogP contribution in [0.3, 0.4) is 0 Å². The zero-order valence-corrected chi connectivity index (χ0v) is 13.1. The highest BCUT2D eigenvalue weighted by molar-refractivity contribution is 7.88. The molecule has 0 aromatic carbocycles. The Morgan fingerprint density at radius 1 is 1.33 bits per heavy atom. The molecule has 0 aromatic heterocycles. The molecule has 0 saturated heterocycles. The Morgan fingerprint density at radius 2 is 1.83 bits per heavy atom. The summed E-state index contributed by atoms with van der Waals surface area (Å²) in [6, 6.07) is -0.0495. The quantitative estimate of drug-likeness (QED) is 0.794. The summed E-state index contributed by atoms with van der Waals surface area (Å²) in [5.74, 6) is -0.0693. The average Bonchev–Trinajstić information content (AvgIpc) is 2.19. The molecule has 0 saturated carbocycles. The molecule has 1 unspecified atom stereocenters. The van der Waals surface area contributed by atoms with E-state index in [1.807, 2.05) is 34.6 Å². The number of carbonyl (C=O) groups excluding carboxylic acids is 1. The van der Waals surface area contributed by atoms with Crippen LogP contribution in [-0.2, 0) is 14.8 Å². The van der Waals surface area contributed by atoms with E-state index in [1.165, 1.54) is 10.6 Å². The number of nitrogens with one attached hydrogen (secondary N) is 1. The van der Waals surface area contributed by atoms with Gasteiger partial charge in [-0.15, -0.1) is 0 Å². The van der Waals surface area contributed by atoms with Gasteiger partial charge in [-0.05, 0) is 13.3 Å². The molecule has 0 aliphatic rings. The molecule has 1 amide bonds. The number of amides is 1. The lowest BCUT2D eigenvalue weighted by Crippen LogP contribution is -2.44. The third-order valence-corrected chi connectivity index (χ3v) is 4.20. The number of rotatable bonds is 6. The summed E-state index contributed by atoms with van der Waals surface area (Å²) in [5, 5.41) is 2.76. The number of carbonyl (C=O) groups is 1. The van der Waals surface area contributed by atoms with Gasteiger partial charge in [0.1, 0.15) is 0 Å². The first kappa shape index (κ1) is 17.4. The van der Waals surface area contributed by atoms with Crippen molar-refractivity contribution in [3.63, 3.8) is 0 Å². The van der Waals surface area contributed by atoms with E-state index in [-0.39, 0.29) is 11.9 Å². The maximum absolute atomic E-state index is 11.7. The Balaban J connectivity index is 4.44. The SMILES string of the molecule is CCC(C)N(CCNC(=O)C(C)(C)C)S(C)(=O)=O. The normalized spacial score (nSPS) is 14.6. The first-order valence-electron chi connectivity index (χ1n) is 6.25. The zero-order chi connectivity index (χ0) is 14.6. The van der Waals surface area contributed by atoms with Gasteiger partial charge in [-0.2, -0.15) is 4.31 Å². The third kappa shape index (κ3) is 5.82. The van der Waals surface area contributed by atoms with E-state index in [2.05, 4.69) is 5.32 Å². The molecule has 18 heavy (non-hydrogen) atoms. The molecule has 0 spiro atoms. The molecule has 0 bridgehead atoms. The largest absolute Gasteiger partial charge is 0.354 e. The summed E-state index contributed by atoms with van der Waals surface area (Å²) >= 11 is 0. The monoisotopic (exact) mass is 278 g/mol. The Morgan fingerprint density at radius 3 is 2.17 bits per heavy atom. The Hall–Kier alpha value is -0.620. The summed E-state index contributed by atoms with van der Waals surface area (Å²) in [5.41, 5.74) is -0.452. The van der Waals surface area contributed by atoms with E-state index < -0.39 is 15.4 Å². The van der Waals surface area contributed by atoms with Crippen LogP contribution >= 0.6 is 0 Å². The molecular formula is C12H26N2O3S. The molecular weight excluding hydrogens is 252 g/mol. The zero-order valence-electron chi connectivity index (χ0n) is 12.3. The highest BCUT2D eigenvalue weighted by Gasteiger charge is 2.24. The minimum absolute atomic E-state index is 0.0495. The molecule has 0 aromatic rings. The summed E-state index contributed by atoms with van der Waals surface area (Å²) in [6.07, 6.45) is 1.95. The van der Waals surface area contributed by atoms with Crippen molar-refractivity contribution in [3.8, 4) is 0 Å². The molecule has 6 heteroatoms. The average molecular weight is 278 g/mol. The van der Waals surface area contributed by atoms with E-state index in [9.17, 15) is 13.2 Å². The lowest BCUT2D eigenvalue weighted by atomic mass is 9.96. The van der Waals surface area contributed by atoms with Gasteiger partial charge in [0.25, 0.3) is 0 Å². The van der Waals surface area contributed by atoms with Gasteiger partial charge in [0.15, 0.2) is 0 Å². The molecule has 1 N–H and O–H groups in total. The molecule has 0 aliphatic carbocycles. The Labute approximate surface area is 111 Å². The van der Waals surface area contributed by atoms with Crippen LogP contribution in [0, 0.1) is 5.41 Å². The van der Waals surface area contributed by atoms with Crippen molar-refractivity contribution in [1.29, 1.82) is 0 Å². The number of sulfonamides is 1. The number of nitrogens with zero attached hydrogens (tertiary/aromatic N) is 1. The lowest BCUT2D eigenvalue weighted by molar-refractivity contribution is -0.128. The fourth-order valence-electron chi connectivity index (χ4n) is 1.46. The van der Waals surface area contributed by atoms with Gasteiger partial charge in [-0.25, -0.2) is 8.42 Å². The van der Waals surface area contributed by atoms with Crippen molar-refractivity contribution in [2.24, 2.45) is 5.41 Å². The fourth-order valence-corrected chi connectivity index (χ4v) is 2.69. The fraction of sp³-hybridized carbons (Fsp3) is 0.917. The highest BCUT2D eigenvalue weighted by Crippen LogP contribution is 2.12. The van der Waals surface area contributed by atoms with E-state index >= 15 is 0 Å². The van der Waals surface area contributed by atoms with Crippen molar-refractivity contribution < 1.29 is 13.2 Å². The lowest BCUT2D eigenvalue weighted by Gasteiger charge is -2.26. The summed E-state index contributed by atoms with van der Waals surface area (Å²) in [6.45, 7) is 9.94. The van der Waals surface area contributed by atoms with Crippen LogP contribution in [0.2, 0.25) is 0 Å². The van der Waals surface area contributed by atoms with E-state index in [0.29, 0.717) is 13.1 Å². The van der Waals surface area contributed by atoms with Gasteiger partial charge < -0.3 is 5.32 Å². The van der Waals surface area contributed by atoms with Crippen LogP contribution < -0.4 is 5.32 Å². The number of hydrogen-bond acceptors (Lipinski definition) is 3. The molecule has 108 valence electrons. The van der Waals surface area contributed by atoms with Crippen molar-refractivity contribution in [2.45, 2.75) is 47.1 Å². The van der Waals surface area contributed by atoms with E-state index in [1.54, 1.807) is 0 Å². The molecule has 5 nitrogen and oxygen atoms in total. The third-order valence-electron chi connectivity index (χ3n) is 2.81. The molecule has 1 atom stereocenters. The standard InChI is InChI=1S/C12H26N2O3S/c1-7-10(2)14(18(6,16)17)9-8-13-11(15)12(3,4)5/h10H,7-9H2,1-6H3,(H,13,15). The second kappa shape index (κ2) is 6.52. The summed E-state index contributed by atoms with van der Waals surface area (Å²) in [4.78, 5) is 11.7. The van der Waals surface area contributed by atoms with Crippen LogP contribution in [0.15, 0.2) is 0 Å². The van der Waals surface area contributed by atoms with Gasteiger partial charge in [-0.1, -0.05) is 27.7 Å². The topological polar surface area (TPSA) is 66.5 Å².